The summed E-state index contributed by atoms with van der Waals surface area (Å²) in [5.74, 6) is 0.563. The third-order valence-electron chi connectivity index (χ3n) is 3.90. The molecule has 20 heavy (non-hydrogen) atoms. The van der Waals surface area contributed by atoms with Crippen LogP contribution >= 0.6 is 11.5 Å². The predicted molar refractivity (Wildman–Crippen MR) is 75.7 cm³/mol. The van der Waals surface area contributed by atoms with Gasteiger partial charge in [-0.25, -0.2) is 4.98 Å². The lowest BCUT2D eigenvalue weighted by Gasteiger charge is -2.31. The smallest absolute Gasteiger partial charge is 0.267 e. The van der Waals surface area contributed by atoms with Crippen molar-refractivity contribution in [1.29, 1.82) is 0 Å². The maximum Gasteiger partial charge on any atom is 0.267 e. The number of aryl methyl sites for hydroxylation is 2. The molecule has 6 nitrogen and oxygen atoms in total. The van der Waals surface area contributed by atoms with E-state index in [1.807, 2.05) is 31.4 Å². The van der Waals surface area contributed by atoms with Crippen LogP contribution in [0.15, 0.2) is 12.5 Å². The van der Waals surface area contributed by atoms with Crippen molar-refractivity contribution in [3.05, 3.63) is 28.8 Å². The van der Waals surface area contributed by atoms with E-state index < -0.39 is 0 Å². The van der Waals surface area contributed by atoms with Gasteiger partial charge in [0.15, 0.2) is 0 Å². The van der Waals surface area contributed by atoms with E-state index in [1.165, 1.54) is 17.2 Å². The highest BCUT2D eigenvalue weighted by molar-refractivity contribution is 7.07. The van der Waals surface area contributed by atoms with E-state index in [0.29, 0.717) is 10.8 Å². The maximum absolute atomic E-state index is 12.4. The number of likely N-dealkylation sites (tertiary alicyclic amines) is 1. The summed E-state index contributed by atoms with van der Waals surface area (Å²) in [6.45, 7) is 3.40. The molecular formula is C13H17N5OS. The molecule has 0 radical (unpaired) electrons. The monoisotopic (exact) mass is 291 g/mol. The second kappa shape index (κ2) is 5.32. The van der Waals surface area contributed by atoms with Crippen molar-refractivity contribution in [2.45, 2.75) is 25.7 Å². The summed E-state index contributed by atoms with van der Waals surface area (Å²) in [5, 5.41) is 3.91. The summed E-state index contributed by atoms with van der Waals surface area (Å²) in [5.41, 5.74) is 1.99. The molecule has 3 heterocycles. The fourth-order valence-electron chi connectivity index (χ4n) is 2.71. The molecule has 0 N–H and O–H groups in total. The molecule has 2 aromatic rings. The second-order valence-electron chi connectivity index (χ2n) is 5.18. The van der Waals surface area contributed by atoms with Gasteiger partial charge in [0.05, 0.1) is 12.0 Å². The molecule has 7 heteroatoms. The van der Waals surface area contributed by atoms with Crippen LogP contribution in [0.4, 0.5) is 0 Å². The number of carbonyl (C=O) groups excluding carboxylic acids is 1. The van der Waals surface area contributed by atoms with Crippen molar-refractivity contribution in [1.82, 2.24) is 24.0 Å². The van der Waals surface area contributed by atoms with E-state index in [9.17, 15) is 4.79 Å². The normalized spacial score (nSPS) is 16.6. The van der Waals surface area contributed by atoms with Crippen molar-refractivity contribution in [2.75, 3.05) is 13.1 Å². The van der Waals surface area contributed by atoms with Gasteiger partial charge in [0.1, 0.15) is 4.88 Å². The quantitative estimate of drug-likeness (QED) is 0.843. The van der Waals surface area contributed by atoms with Crippen molar-refractivity contribution in [3.8, 4) is 0 Å². The molecule has 2 aromatic heterocycles. The number of rotatable bonds is 2. The number of hydrogen-bond acceptors (Lipinski definition) is 5. The number of hydrogen-bond donors (Lipinski definition) is 0. The molecular weight excluding hydrogens is 274 g/mol. The fourth-order valence-corrected chi connectivity index (χ4v) is 3.34. The van der Waals surface area contributed by atoms with Gasteiger partial charge in [-0.2, -0.15) is 0 Å². The second-order valence-corrected chi connectivity index (χ2v) is 5.94. The van der Waals surface area contributed by atoms with E-state index in [0.717, 1.165) is 31.6 Å². The average Bonchev–Trinajstić information content (AvgIpc) is 3.07. The van der Waals surface area contributed by atoms with Gasteiger partial charge in [-0.15, -0.1) is 5.10 Å². The number of imidazole rings is 1. The summed E-state index contributed by atoms with van der Waals surface area (Å²) < 4.78 is 5.91. The minimum Gasteiger partial charge on any atom is -0.338 e. The first-order valence-electron chi connectivity index (χ1n) is 6.71. The van der Waals surface area contributed by atoms with Crippen LogP contribution in [0.25, 0.3) is 0 Å². The zero-order valence-corrected chi connectivity index (χ0v) is 12.4. The van der Waals surface area contributed by atoms with Crippen LogP contribution < -0.4 is 0 Å². The Kier molecular flexibility index (Phi) is 3.52. The van der Waals surface area contributed by atoms with Gasteiger partial charge in [0, 0.05) is 37.9 Å². The lowest BCUT2D eigenvalue weighted by molar-refractivity contribution is 0.0715. The Morgan fingerprint density at radius 2 is 2.15 bits per heavy atom. The van der Waals surface area contributed by atoms with Crippen molar-refractivity contribution < 1.29 is 4.79 Å². The highest BCUT2D eigenvalue weighted by atomic mass is 32.1. The third-order valence-corrected chi connectivity index (χ3v) is 4.72. The Morgan fingerprint density at radius 1 is 1.40 bits per heavy atom. The summed E-state index contributed by atoms with van der Waals surface area (Å²) >= 11 is 1.19. The summed E-state index contributed by atoms with van der Waals surface area (Å²) in [6, 6.07) is 0. The standard InChI is InChI=1S/C13H17N5OS/c1-9-12(20-16-15-9)13(19)18-5-3-10(4-6-18)11-7-14-8-17(11)2/h7-8,10H,3-6H2,1-2H3. The first-order valence-corrected chi connectivity index (χ1v) is 7.48. The fraction of sp³-hybridized carbons (Fsp3) is 0.538. The van der Waals surface area contributed by atoms with Crippen LogP contribution in [0.3, 0.4) is 0 Å². The Labute approximate surface area is 121 Å². The highest BCUT2D eigenvalue weighted by Gasteiger charge is 2.27. The molecule has 1 amide bonds. The largest absolute Gasteiger partial charge is 0.338 e. The number of aromatic nitrogens is 4. The molecule has 0 spiro atoms. The van der Waals surface area contributed by atoms with Crippen LogP contribution in [-0.4, -0.2) is 43.0 Å². The SMILES string of the molecule is Cc1nnsc1C(=O)N1CCC(c2cncn2C)CC1. The molecule has 0 aliphatic carbocycles. The van der Waals surface area contributed by atoms with Gasteiger partial charge < -0.3 is 9.47 Å². The molecule has 0 saturated carbocycles. The minimum absolute atomic E-state index is 0.0703. The topological polar surface area (TPSA) is 63.9 Å². The Hall–Kier alpha value is -1.76. The first kappa shape index (κ1) is 13.2. The molecule has 1 fully saturated rings. The Balaban J connectivity index is 1.66. The lowest BCUT2D eigenvalue weighted by Crippen LogP contribution is -2.38. The summed E-state index contributed by atoms with van der Waals surface area (Å²) in [6.07, 6.45) is 5.73. The van der Waals surface area contributed by atoms with E-state index in [1.54, 1.807) is 0 Å². The highest BCUT2D eigenvalue weighted by Crippen LogP contribution is 2.28. The van der Waals surface area contributed by atoms with E-state index in [4.69, 9.17) is 0 Å². The molecule has 1 aliphatic heterocycles. The Bertz CT molecular complexity index is 612. The first-order chi connectivity index (χ1) is 9.66. The zero-order valence-electron chi connectivity index (χ0n) is 11.6. The average molecular weight is 291 g/mol. The van der Waals surface area contributed by atoms with Crippen LogP contribution in [-0.2, 0) is 7.05 Å². The number of amides is 1. The maximum atomic E-state index is 12.4. The van der Waals surface area contributed by atoms with Crippen molar-refractivity contribution in [3.63, 3.8) is 0 Å². The molecule has 1 saturated heterocycles. The summed E-state index contributed by atoms with van der Waals surface area (Å²) in [4.78, 5) is 19.1. The van der Waals surface area contributed by atoms with Crippen LogP contribution in [0.2, 0.25) is 0 Å². The molecule has 106 valence electrons. The van der Waals surface area contributed by atoms with Gasteiger partial charge in [-0.3, -0.25) is 4.79 Å². The van der Waals surface area contributed by atoms with Crippen LogP contribution in [0.1, 0.15) is 39.8 Å². The third kappa shape index (κ3) is 2.33. The van der Waals surface area contributed by atoms with Gasteiger partial charge in [-0.05, 0) is 31.3 Å². The van der Waals surface area contributed by atoms with Gasteiger partial charge in [0.2, 0.25) is 0 Å². The lowest BCUT2D eigenvalue weighted by atomic mass is 9.93. The number of nitrogens with zero attached hydrogens (tertiary/aromatic N) is 5. The zero-order chi connectivity index (χ0) is 14.1. The number of piperidine rings is 1. The summed E-state index contributed by atoms with van der Waals surface area (Å²) in [7, 11) is 2.02. The molecule has 0 unspecified atom stereocenters. The van der Waals surface area contributed by atoms with E-state index in [-0.39, 0.29) is 5.91 Å². The Morgan fingerprint density at radius 3 is 2.70 bits per heavy atom. The van der Waals surface area contributed by atoms with E-state index >= 15 is 0 Å². The van der Waals surface area contributed by atoms with Crippen molar-refractivity contribution in [2.24, 2.45) is 7.05 Å². The molecule has 1 aliphatic rings. The molecule has 0 atom stereocenters. The molecule has 3 rings (SSSR count). The van der Waals surface area contributed by atoms with Crippen LogP contribution in [0.5, 0.6) is 0 Å². The van der Waals surface area contributed by atoms with Crippen molar-refractivity contribution >= 4 is 17.4 Å². The minimum atomic E-state index is 0.0703. The molecule has 0 bridgehead atoms. The molecule has 0 aromatic carbocycles. The van der Waals surface area contributed by atoms with Crippen LogP contribution in [0, 0.1) is 6.92 Å². The van der Waals surface area contributed by atoms with Gasteiger partial charge in [-0.1, -0.05) is 4.49 Å². The van der Waals surface area contributed by atoms with Gasteiger partial charge >= 0.3 is 0 Å². The number of carbonyl (C=O) groups is 1. The van der Waals surface area contributed by atoms with E-state index in [2.05, 4.69) is 19.1 Å². The van der Waals surface area contributed by atoms with Gasteiger partial charge in [0.25, 0.3) is 5.91 Å². The predicted octanol–water partition coefficient (Wildman–Crippen LogP) is 1.60.